The summed E-state index contributed by atoms with van der Waals surface area (Å²) in [5.41, 5.74) is 0.716. The third kappa shape index (κ3) is 3.72. The number of H-pyrrole nitrogens is 1. The van der Waals surface area contributed by atoms with Crippen molar-refractivity contribution in [1.82, 2.24) is 21.3 Å². The van der Waals surface area contributed by atoms with E-state index < -0.39 is 11.6 Å². The molecule has 0 radical (unpaired) electrons. The molecule has 27 heavy (non-hydrogen) atoms. The summed E-state index contributed by atoms with van der Waals surface area (Å²) in [5, 5.41) is 2.17. The molecule has 0 amide bonds. The Balaban J connectivity index is 0.00000210. The van der Waals surface area contributed by atoms with Crippen molar-refractivity contribution in [3.05, 3.63) is 63.7 Å². The van der Waals surface area contributed by atoms with Gasteiger partial charge in [0.05, 0.1) is 18.5 Å². The number of aromatic amines is 1. The van der Waals surface area contributed by atoms with Gasteiger partial charge in [0.1, 0.15) is 23.4 Å². The van der Waals surface area contributed by atoms with E-state index >= 15 is 0 Å². The highest BCUT2D eigenvalue weighted by Gasteiger charge is 2.36. The maximum atomic E-state index is 14.0. The summed E-state index contributed by atoms with van der Waals surface area (Å²) in [6.07, 6.45) is 3.69. The fourth-order valence-electron chi connectivity index (χ4n) is 3.08. The molecule has 4 N–H and O–H groups in total. The molecule has 9 heteroatoms. The van der Waals surface area contributed by atoms with Crippen molar-refractivity contribution in [1.29, 1.82) is 0 Å². The molecule has 142 valence electrons. The first kappa shape index (κ1) is 18.7. The minimum Gasteiger partial charge on any atom is -0.473 e. The van der Waals surface area contributed by atoms with Gasteiger partial charge in [-0.2, -0.15) is 5.16 Å². The Morgan fingerprint density at radius 1 is 1.15 bits per heavy atom. The van der Waals surface area contributed by atoms with Gasteiger partial charge in [-0.3, -0.25) is 4.79 Å². The molecular formula is C18H18F2N4O3. The predicted molar refractivity (Wildman–Crippen MR) is 92.9 cm³/mol. The van der Waals surface area contributed by atoms with E-state index in [9.17, 15) is 13.6 Å². The van der Waals surface area contributed by atoms with Crippen LogP contribution in [0.2, 0.25) is 0 Å². The second-order valence-electron chi connectivity index (χ2n) is 6.37. The fraction of sp³-hybridized carbons (Fsp3) is 0.278. The Hall–Kier alpha value is -3.07. The number of aryl methyl sites for hydroxylation is 1. The second kappa shape index (κ2) is 7.28. The van der Waals surface area contributed by atoms with Crippen molar-refractivity contribution >= 4 is 0 Å². The van der Waals surface area contributed by atoms with Crippen LogP contribution < -0.4 is 16.4 Å². The van der Waals surface area contributed by atoms with Gasteiger partial charge in [0.2, 0.25) is 5.88 Å². The summed E-state index contributed by atoms with van der Waals surface area (Å²) in [6.45, 7) is 1.66. The highest BCUT2D eigenvalue weighted by atomic mass is 19.1. The molecule has 1 aliphatic carbocycles. The van der Waals surface area contributed by atoms with Crippen LogP contribution in [-0.2, 0) is 0 Å². The summed E-state index contributed by atoms with van der Waals surface area (Å²) in [7, 11) is 0. The predicted octanol–water partition coefficient (Wildman–Crippen LogP) is 3.50. The van der Waals surface area contributed by atoms with Gasteiger partial charge in [0, 0.05) is 5.56 Å². The fourth-order valence-corrected chi connectivity index (χ4v) is 3.08. The number of rotatable bonds is 4. The molecule has 7 nitrogen and oxygen atoms in total. The molecule has 1 fully saturated rings. The molecule has 0 unspecified atom stereocenters. The average Bonchev–Trinajstić information content (AvgIpc) is 2.98. The lowest BCUT2D eigenvalue weighted by molar-refractivity contribution is 0.0904. The summed E-state index contributed by atoms with van der Waals surface area (Å²) >= 11 is 0. The van der Waals surface area contributed by atoms with Crippen LogP contribution in [0.1, 0.15) is 29.9 Å². The molecule has 0 aliphatic heterocycles. The lowest BCUT2D eigenvalue weighted by Crippen LogP contribution is -2.33. The quantitative estimate of drug-likeness (QED) is 0.720. The van der Waals surface area contributed by atoms with Crippen LogP contribution in [0.15, 0.2) is 39.9 Å². The minimum atomic E-state index is -0.511. The number of benzene rings is 1. The van der Waals surface area contributed by atoms with E-state index in [2.05, 4.69) is 15.1 Å². The van der Waals surface area contributed by atoms with E-state index in [0.717, 1.165) is 0 Å². The van der Waals surface area contributed by atoms with Crippen molar-refractivity contribution in [2.24, 2.45) is 0 Å². The van der Waals surface area contributed by atoms with Crippen LogP contribution in [0, 0.1) is 18.6 Å². The Labute approximate surface area is 153 Å². The lowest BCUT2D eigenvalue weighted by Gasteiger charge is -2.35. The van der Waals surface area contributed by atoms with Crippen molar-refractivity contribution < 1.29 is 18.0 Å². The molecule has 1 aliphatic rings. The zero-order valence-corrected chi connectivity index (χ0v) is 14.5. The molecule has 2 heterocycles. The van der Waals surface area contributed by atoms with Crippen LogP contribution in [0.5, 0.6) is 5.88 Å². The SMILES string of the molecule is Cc1cc(F)c(C2CC(Oc3cnc(-c4cc(=O)[nH]o4)cn3)C2)c(F)c1.N. The summed E-state index contributed by atoms with van der Waals surface area (Å²) in [4.78, 5) is 19.3. The smallest absolute Gasteiger partial charge is 0.280 e. The maximum absolute atomic E-state index is 14.0. The monoisotopic (exact) mass is 376 g/mol. The van der Waals surface area contributed by atoms with Crippen molar-refractivity contribution in [2.75, 3.05) is 0 Å². The first-order valence-corrected chi connectivity index (χ1v) is 8.12. The number of hydrogen-bond donors (Lipinski definition) is 2. The third-order valence-corrected chi connectivity index (χ3v) is 4.42. The van der Waals surface area contributed by atoms with E-state index in [0.29, 0.717) is 30.0 Å². The van der Waals surface area contributed by atoms with E-state index in [-0.39, 0.29) is 35.1 Å². The highest BCUT2D eigenvalue weighted by Crippen LogP contribution is 2.41. The van der Waals surface area contributed by atoms with Crippen LogP contribution in [-0.4, -0.2) is 21.2 Å². The molecule has 1 saturated carbocycles. The van der Waals surface area contributed by atoms with Gasteiger partial charge < -0.3 is 15.4 Å². The van der Waals surface area contributed by atoms with Crippen molar-refractivity contribution in [2.45, 2.75) is 31.8 Å². The van der Waals surface area contributed by atoms with Gasteiger partial charge in [-0.05, 0) is 43.4 Å². The zero-order chi connectivity index (χ0) is 18.3. The largest absolute Gasteiger partial charge is 0.473 e. The lowest BCUT2D eigenvalue weighted by atomic mass is 9.77. The minimum absolute atomic E-state index is 0. The van der Waals surface area contributed by atoms with Crippen LogP contribution in [0.25, 0.3) is 11.5 Å². The topological polar surface area (TPSA) is 116 Å². The van der Waals surface area contributed by atoms with Crippen LogP contribution in [0.3, 0.4) is 0 Å². The summed E-state index contributed by atoms with van der Waals surface area (Å²) in [5.74, 6) is -0.642. The number of halogens is 2. The molecule has 0 atom stereocenters. The molecular weight excluding hydrogens is 358 g/mol. The molecule has 2 aromatic heterocycles. The molecule has 0 bridgehead atoms. The van der Waals surface area contributed by atoms with Crippen LogP contribution >= 0.6 is 0 Å². The molecule has 0 spiro atoms. The van der Waals surface area contributed by atoms with Gasteiger partial charge in [0.25, 0.3) is 5.56 Å². The first-order chi connectivity index (χ1) is 12.5. The van der Waals surface area contributed by atoms with Gasteiger partial charge in [-0.15, -0.1) is 0 Å². The molecule has 3 aromatic rings. The Morgan fingerprint density at radius 2 is 1.85 bits per heavy atom. The van der Waals surface area contributed by atoms with Crippen molar-refractivity contribution in [3.63, 3.8) is 0 Å². The highest BCUT2D eigenvalue weighted by molar-refractivity contribution is 5.49. The van der Waals surface area contributed by atoms with Gasteiger partial charge >= 0.3 is 0 Å². The number of nitrogens with zero attached hydrogens (tertiary/aromatic N) is 2. The molecule has 4 rings (SSSR count). The van der Waals surface area contributed by atoms with Crippen molar-refractivity contribution in [3.8, 4) is 17.3 Å². The zero-order valence-electron chi connectivity index (χ0n) is 14.5. The van der Waals surface area contributed by atoms with Gasteiger partial charge in [-0.25, -0.2) is 18.7 Å². The average molecular weight is 376 g/mol. The van der Waals surface area contributed by atoms with E-state index in [4.69, 9.17) is 9.26 Å². The van der Waals surface area contributed by atoms with Crippen LogP contribution in [0.4, 0.5) is 8.78 Å². The second-order valence-corrected chi connectivity index (χ2v) is 6.37. The summed E-state index contributed by atoms with van der Waals surface area (Å²) in [6, 6.07) is 3.96. The number of aromatic nitrogens is 3. The Kier molecular flexibility index (Phi) is 5.04. The first-order valence-electron chi connectivity index (χ1n) is 8.12. The molecule has 1 aromatic carbocycles. The Morgan fingerprint density at radius 3 is 2.41 bits per heavy atom. The number of nitrogens with one attached hydrogen (secondary N) is 1. The molecule has 0 saturated heterocycles. The van der Waals surface area contributed by atoms with E-state index in [1.165, 1.54) is 30.6 Å². The summed E-state index contributed by atoms with van der Waals surface area (Å²) < 4.78 is 38.6. The van der Waals surface area contributed by atoms with E-state index in [1.54, 1.807) is 6.92 Å². The maximum Gasteiger partial charge on any atom is 0.280 e. The van der Waals surface area contributed by atoms with Gasteiger partial charge in [-0.1, -0.05) is 0 Å². The Bertz CT molecular complexity index is 971. The number of hydrogen-bond acceptors (Lipinski definition) is 6. The third-order valence-electron chi connectivity index (χ3n) is 4.42. The van der Waals surface area contributed by atoms with E-state index in [1.807, 2.05) is 0 Å². The standard InChI is InChI=1S/C18H15F2N3O3.H3N/c1-9-2-12(19)18(13(20)3-9)10-4-11(5-10)25-17-8-21-14(7-22-17)15-6-16(24)23-26-15;/h2-3,6-8,10-11H,4-5H2,1H3,(H,23,24);1H3. The van der Waals surface area contributed by atoms with Gasteiger partial charge in [0.15, 0.2) is 5.76 Å². The normalized spacial score (nSPS) is 18.5. The number of ether oxygens (including phenoxy) is 1.